The molecule has 0 aliphatic carbocycles. The highest BCUT2D eigenvalue weighted by Gasteiger charge is 2.51. The smallest absolute Gasteiger partial charge is 0.465 e. The summed E-state index contributed by atoms with van der Waals surface area (Å²) in [5.74, 6) is 0. The minimum absolute atomic E-state index is 0.301. The van der Waals surface area contributed by atoms with Crippen LogP contribution in [0.2, 0.25) is 0 Å². The van der Waals surface area contributed by atoms with E-state index in [2.05, 4.69) is 56.9 Å². The van der Waals surface area contributed by atoms with Crippen LogP contribution < -0.4 is 5.46 Å². The molecular weight excluding hydrogens is 391 g/mol. The van der Waals surface area contributed by atoms with Gasteiger partial charge in [0.2, 0.25) is 0 Å². The summed E-state index contributed by atoms with van der Waals surface area (Å²) in [5.41, 5.74) is 2.16. The summed E-state index contributed by atoms with van der Waals surface area (Å²) in [5, 5.41) is 9.17. The van der Waals surface area contributed by atoms with Crippen molar-refractivity contribution in [2.24, 2.45) is 5.41 Å². The van der Waals surface area contributed by atoms with E-state index >= 15 is 0 Å². The Balaban J connectivity index is 1.23. The molecular formula is C24H37BN2O4. The molecule has 3 heterocycles. The van der Waals surface area contributed by atoms with Gasteiger partial charge in [-0.1, -0.05) is 24.3 Å². The van der Waals surface area contributed by atoms with Gasteiger partial charge in [0.05, 0.1) is 11.2 Å². The molecule has 0 saturated carbocycles. The molecule has 3 saturated heterocycles. The molecule has 3 aliphatic rings. The first-order valence-electron chi connectivity index (χ1n) is 11.7. The van der Waals surface area contributed by atoms with E-state index in [1.807, 2.05) is 0 Å². The first-order chi connectivity index (χ1) is 14.6. The zero-order valence-corrected chi connectivity index (χ0v) is 19.5. The molecule has 0 atom stereocenters. The summed E-state index contributed by atoms with van der Waals surface area (Å²) < 4.78 is 12.3. The fraction of sp³-hybridized carbons (Fsp3) is 0.708. The molecule has 3 fully saturated rings. The highest BCUT2D eigenvalue weighted by molar-refractivity contribution is 6.62. The van der Waals surface area contributed by atoms with Crippen LogP contribution in [0.15, 0.2) is 24.3 Å². The Bertz CT molecular complexity index is 761. The van der Waals surface area contributed by atoms with Crippen molar-refractivity contribution in [3.8, 4) is 0 Å². The molecule has 6 nitrogen and oxygen atoms in total. The van der Waals surface area contributed by atoms with E-state index in [-0.39, 0.29) is 18.3 Å². The van der Waals surface area contributed by atoms with Crippen LogP contribution in [0.5, 0.6) is 0 Å². The molecule has 170 valence electrons. The van der Waals surface area contributed by atoms with Crippen LogP contribution in [0.25, 0.3) is 0 Å². The van der Waals surface area contributed by atoms with Crippen LogP contribution in [0.4, 0.5) is 4.79 Å². The average molecular weight is 428 g/mol. The lowest BCUT2D eigenvalue weighted by Crippen LogP contribution is -2.48. The topological polar surface area (TPSA) is 62.2 Å². The van der Waals surface area contributed by atoms with Crippen molar-refractivity contribution in [2.75, 3.05) is 32.7 Å². The number of benzene rings is 1. The van der Waals surface area contributed by atoms with Crippen LogP contribution in [0, 0.1) is 5.41 Å². The highest BCUT2D eigenvalue weighted by Crippen LogP contribution is 2.41. The summed E-state index contributed by atoms with van der Waals surface area (Å²) in [6.45, 7) is 13.1. The van der Waals surface area contributed by atoms with Crippen LogP contribution in [0.3, 0.4) is 0 Å². The van der Waals surface area contributed by atoms with Gasteiger partial charge in [-0.3, -0.25) is 0 Å². The molecule has 3 aliphatic heterocycles. The van der Waals surface area contributed by atoms with Gasteiger partial charge in [-0.15, -0.1) is 0 Å². The van der Waals surface area contributed by atoms with Crippen LogP contribution in [0.1, 0.15) is 58.9 Å². The summed E-state index contributed by atoms with van der Waals surface area (Å²) in [6.07, 6.45) is 4.71. The Labute approximate surface area is 187 Å². The predicted molar refractivity (Wildman–Crippen MR) is 123 cm³/mol. The second kappa shape index (κ2) is 8.41. The third-order valence-corrected chi connectivity index (χ3v) is 8.23. The molecule has 31 heavy (non-hydrogen) atoms. The molecule has 4 rings (SSSR count). The molecule has 0 bridgehead atoms. The second-order valence-electron chi connectivity index (χ2n) is 10.7. The molecule has 0 unspecified atom stereocenters. The fourth-order valence-electron chi connectivity index (χ4n) is 5.03. The summed E-state index contributed by atoms with van der Waals surface area (Å²) >= 11 is 0. The normalized spacial score (nSPS) is 25.2. The number of amides is 1. The van der Waals surface area contributed by atoms with Gasteiger partial charge in [-0.25, -0.2) is 4.79 Å². The number of hydrogen-bond acceptors (Lipinski definition) is 4. The Hall–Kier alpha value is -1.57. The Morgan fingerprint density at radius 1 is 0.935 bits per heavy atom. The van der Waals surface area contributed by atoms with Crippen molar-refractivity contribution in [1.29, 1.82) is 0 Å². The first-order valence-corrected chi connectivity index (χ1v) is 11.7. The van der Waals surface area contributed by atoms with Gasteiger partial charge in [-0.2, -0.15) is 0 Å². The van der Waals surface area contributed by atoms with Gasteiger partial charge in [-0.05, 0) is 89.3 Å². The molecule has 0 aromatic heterocycles. The van der Waals surface area contributed by atoms with Gasteiger partial charge in [0.25, 0.3) is 0 Å². The lowest BCUT2D eigenvalue weighted by molar-refractivity contribution is 0.00578. The van der Waals surface area contributed by atoms with E-state index in [9.17, 15) is 9.90 Å². The Kier molecular flexibility index (Phi) is 6.14. The van der Waals surface area contributed by atoms with Crippen LogP contribution in [-0.2, 0) is 15.7 Å². The Morgan fingerprint density at radius 2 is 1.45 bits per heavy atom. The van der Waals surface area contributed by atoms with Crippen molar-refractivity contribution in [3.63, 3.8) is 0 Å². The highest BCUT2D eigenvalue weighted by atomic mass is 16.7. The van der Waals surface area contributed by atoms with Gasteiger partial charge in [0.15, 0.2) is 0 Å². The molecule has 7 heteroatoms. The number of carboxylic acid groups (broad SMARTS) is 1. The molecule has 1 aromatic carbocycles. The van der Waals surface area contributed by atoms with Gasteiger partial charge in [0.1, 0.15) is 0 Å². The summed E-state index contributed by atoms with van der Waals surface area (Å²) in [4.78, 5) is 15.3. The van der Waals surface area contributed by atoms with E-state index in [1.165, 1.54) is 18.4 Å². The maximum atomic E-state index is 11.2. The maximum Gasteiger partial charge on any atom is 0.494 e. The minimum atomic E-state index is -0.767. The molecule has 0 radical (unpaired) electrons. The van der Waals surface area contributed by atoms with E-state index in [0.717, 1.165) is 44.4 Å². The third-order valence-electron chi connectivity index (χ3n) is 8.23. The van der Waals surface area contributed by atoms with E-state index < -0.39 is 6.09 Å². The third kappa shape index (κ3) is 4.79. The minimum Gasteiger partial charge on any atom is -0.465 e. The first kappa shape index (κ1) is 22.6. The van der Waals surface area contributed by atoms with Crippen molar-refractivity contribution in [1.82, 2.24) is 9.80 Å². The molecule has 1 N–H and O–H groups in total. The summed E-state index contributed by atoms with van der Waals surface area (Å²) in [6, 6.07) is 8.68. The zero-order valence-electron chi connectivity index (χ0n) is 19.5. The van der Waals surface area contributed by atoms with Gasteiger partial charge in [0, 0.05) is 19.6 Å². The van der Waals surface area contributed by atoms with E-state index in [0.29, 0.717) is 18.5 Å². The van der Waals surface area contributed by atoms with Crippen molar-refractivity contribution in [3.05, 3.63) is 29.8 Å². The van der Waals surface area contributed by atoms with Crippen molar-refractivity contribution >= 4 is 18.7 Å². The maximum absolute atomic E-state index is 11.2. The lowest BCUT2D eigenvalue weighted by atomic mass is 9.71. The predicted octanol–water partition coefficient (Wildman–Crippen LogP) is 3.38. The standard InChI is InChI=1S/C24H37BN2O4/c1-22(2)23(3,4)31-25(30-22)20-7-5-19(6-8-20)9-14-26-15-10-24(11-16-26)12-17-27(18-13-24)21(28)29/h5-8H,9-18H2,1-4H3,(H,28,29). The quantitative estimate of drug-likeness (QED) is 0.746. The number of rotatable bonds is 4. The average Bonchev–Trinajstić information content (AvgIpc) is 2.95. The fourth-order valence-corrected chi connectivity index (χ4v) is 5.03. The molecule has 1 amide bonds. The SMILES string of the molecule is CC1(C)OB(c2ccc(CCN3CCC4(CC3)CCN(C(=O)O)CC4)cc2)OC1(C)C. The molecule has 1 aromatic rings. The van der Waals surface area contributed by atoms with E-state index in [4.69, 9.17) is 9.31 Å². The lowest BCUT2D eigenvalue weighted by Gasteiger charge is -2.46. The summed E-state index contributed by atoms with van der Waals surface area (Å²) in [7, 11) is -0.301. The van der Waals surface area contributed by atoms with Gasteiger partial charge < -0.3 is 24.2 Å². The number of piperidine rings is 2. The monoisotopic (exact) mass is 428 g/mol. The van der Waals surface area contributed by atoms with Crippen molar-refractivity contribution in [2.45, 2.75) is 71.0 Å². The Morgan fingerprint density at radius 3 is 1.97 bits per heavy atom. The number of carbonyl (C=O) groups is 1. The van der Waals surface area contributed by atoms with E-state index in [1.54, 1.807) is 4.90 Å². The second-order valence-corrected chi connectivity index (χ2v) is 10.7. The van der Waals surface area contributed by atoms with Crippen LogP contribution in [-0.4, -0.2) is 72.0 Å². The molecule has 1 spiro atoms. The number of nitrogens with zero attached hydrogens (tertiary/aromatic N) is 2. The van der Waals surface area contributed by atoms with Crippen molar-refractivity contribution < 1.29 is 19.2 Å². The van der Waals surface area contributed by atoms with Crippen LogP contribution >= 0.6 is 0 Å². The largest absolute Gasteiger partial charge is 0.494 e. The number of hydrogen-bond donors (Lipinski definition) is 1. The number of likely N-dealkylation sites (tertiary alicyclic amines) is 2. The van der Waals surface area contributed by atoms with Gasteiger partial charge >= 0.3 is 13.2 Å². The zero-order chi connectivity index (χ0) is 22.3.